The van der Waals surface area contributed by atoms with Gasteiger partial charge in [0.25, 0.3) is 0 Å². The number of hydroxylamine groups is 1. The van der Waals surface area contributed by atoms with Crippen LogP contribution in [0.1, 0.15) is 44.6 Å². The quantitative estimate of drug-likeness (QED) is 0.808. The Bertz CT molecular complexity index is 1040. The molecular formula is C19H25N5O3S. The predicted octanol–water partition coefficient (Wildman–Crippen LogP) is 2.24. The van der Waals surface area contributed by atoms with Crippen LogP contribution in [-0.4, -0.2) is 46.3 Å². The van der Waals surface area contributed by atoms with Gasteiger partial charge in [0.05, 0.1) is 34.5 Å². The van der Waals surface area contributed by atoms with Crippen molar-refractivity contribution in [2.75, 3.05) is 16.8 Å². The lowest BCUT2D eigenvalue weighted by molar-refractivity contribution is -0.0821. The van der Waals surface area contributed by atoms with E-state index in [2.05, 4.69) is 27.0 Å². The molecule has 3 aliphatic rings. The van der Waals surface area contributed by atoms with Crippen LogP contribution < -0.4 is 10.8 Å². The smallest absolute Gasteiger partial charge is 0.159 e. The maximum atomic E-state index is 11.8. The Morgan fingerprint density at radius 1 is 1.32 bits per heavy atom. The van der Waals surface area contributed by atoms with Gasteiger partial charge < -0.3 is 5.32 Å². The molecule has 4 heterocycles. The highest BCUT2D eigenvalue weighted by Crippen LogP contribution is 2.43. The molecule has 1 aliphatic carbocycles. The number of aromatic nitrogens is 3. The van der Waals surface area contributed by atoms with E-state index in [0.29, 0.717) is 12.8 Å². The van der Waals surface area contributed by atoms with E-state index in [1.165, 1.54) is 6.42 Å². The third-order valence-electron chi connectivity index (χ3n) is 6.13. The molecule has 1 saturated carbocycles. The number of anilines is 1. The molecule has 2 aromatic rings. The van der Waals surface area contributed by atoms with Crippen LogP contribution in [0.2, 0.25) is 0 Å². The molecule has 2 aromatic heterocycles. The summed E-state index contributed by atoms with van der Waals surface area (Å²) in [5.41, 5.74) is 6.56. The average Bonchev–Trinajstić information content (AvgIpc) is 3.28. The molecule has 0 amide bonds. The van der Waals surface area contributed by atoms with Crippen molar-refractivity contribution in [1.29, 1.82) is 0 Å². The first kappa shape index (κ1) is 17.9. The molecule has 0 unspecified atom stereocenters. The Kier molecular flexibility index (Phi) is 4.13. The molecule has 1 spiro atoms. The van der Waals surface area contributed by atoms with Gasteiger partial charge in [0, 0.05) is 24.3 Å². The highest BCUT2D eigenvalue weighted by Gasteiger charge is 2.41. The number of pyridine rings is 1. The molecule has 8 nitrogen and oxygen atoms in total. The lowest BCUT2D eigenvalue weighted by atomic mass is 9.80. The van der Waals surface area contributed by atoms with Crippen LogP contribution >= 0.6 is 0 Å². The van der Waals surface area contributed by atoms with Gasteiger partial charge in [-0.1, -0.05) is 0 Å². The summed E-state index contributed by atoms with van der Waals surface area (Å²) in [5.74, 6) is 0.464. The molecule has 1 saturated heterocycles. The number of sulfone groups is 1. The molecule has 28 heavy (non-hydrogen) atoms. The van der Waals surface area contributed by atoms with Crippen LogP contribution in [0.25, 0.3) is 16.7 Å². The third kappa shape index (κ3) is 2.97. The molecule has 2 N–H and O–H groups in total. The topological polar surface area (TPSA) is 98.1 Å². The first-order valence-corrected chi connectivity index (χ1v) is 11.8. The number of rotatable bonds is 4. The number of hydrogen-bond donors (Lipinski definition) is 2. The second-order valence-corrected chi connectivity index (χ2v) is 10.3. The molecule has 150 valence electrons. The fourth-order valence-corrected chi connectivity index (χ4v) is 5.73. The van der Waals surface area contributed by atoms with Crippen molar-refractivity contribution >= 4 is 32.3 Å². The first-order valence-electron chi connectivity index (χ1n) is 9.97. The van der Waals surface area contributed by atoms with Crippen LogP contribution in [0.15, 0.2) is 18.5 Å². The maximum absolute atomic E-state index is 11.8. The van der Waals surface area contributed by atoms with Crippen molar-refractivity contribution in [1.82, 2.24) is 20.2 Å². The zero-order valence-corrected chi connectivity index (χ0v) is 16.8. The molecule has 0 bridgehead atoms. The monoisotopic (exact) mass is 403 g/mol. The van der Waals surface area contributed by atoms with E-state index in [0.717, 1.165) is 47.4 Å². The lowest BCUT2D eigenvalue weighted by Crippen LogP contribution is -2.36. The molecule has 2 fully saturated rings. The molecular weight excluding hydrogens is 378 g/mol. The molecule has 0 aromatic carbocycles. The van der Waals surface area contributed by atoms with E-state index >= 15 is 0 Å². The normalized spacial score (nSPS) is 23.4. The maximum Gasteiger partial charge on any atom is 0.159 e. The van der Waals surface area contributed by atoms with E-state index in [4.69, 9.17) is 4.84 Å². The lowest BCUT2D eigenvalue weighted by Gasteiger charge is -2.33. The zero-order valence-electron chi connectivity index (χ0n) is 15.9. The largest absolute Gasteiger partial charge is 0.381 e. The zero-order chi connectivity index (χ0) is 19.4. The summed E-state index contributed by atoms with van der Waals surface area (Å²) in [4.78, 5) is 10.5. The summed E-state index contributed by atoms with van der Waals surface area (Å²) in [6.45, 7) is 2.78. The number of nitrogens with one attached hydrogen (secondary N) is 2. The van der Waals surface area contributed by atoms with Crippen LogP contribution in [-0.2, 0) is 21.2 Å². The summed E-state index contributed by atoms with van der Waals surface area (Å²) in [6, 6.07) is 0.110. The van der Waals surface area contributed by atoms with Gasteiger partial charge in [-0.2, -0.15) is 5.10 Å². The van der Waals surface area contributed by atoms with Crippen LogP contribution in [0.5, 0.6) is 0 Å². The molecule has 0 radical (unpaired) electrons. The first-order chi connectivity index (χ1) is 13.5. The number of nitrogens with zero attached hydrogens (tertiary/aromatic N) is 3. The Hall–Kier alpha value is -2.13. The van der Waals surface area contributed by atoms with Gasteiger partial charge in [-0.15, -0.1) is 0 Å². The highest BCUT2D eigenvalue weighted by atomic mass is 32.2. The van der Waals surface area contributed by atoms with Crippen molar-refractivity contribution in [2.45, 2.75) is 57.2 Å². The Balaban J connectivity index is 1.54. The van der Waals surface area contributed by atoms with E-state index < -0.39 is 9.84 Å². The van der Waals surface area contributed by atoms with Gasteiger partial charge in [-0.05, 0) is 45.1 Å². The number of fused-ring (bicyclic) bond motifs is 1. The van der Waals surface area contributed by atoms with Crippen LogP contribution in [0, 0.1) is 0 Å². The number of aryl methyl sites for hydroxylation is 1. The second kappa shape index (κ2) is 6.45. The fraction of sp³-hybridized carbons (Fsp3) is 0.579. The fourth-order valence-electron chi connectivity index (χ4n) is 4.24. The van der Waals surface area contributed by atoms with Gasteiger partial charge >= 0.3 is 0 Å². The standard InChI is InChI=1S/C19H25N5O3S/c1-2-24-18-15(12-21-24)17(22-13-4-8-28(25,26)9-5-13)14(11-20-18)16-10-19(27-23-16)6-3-7-19/h10-13,23H,2-9H2,1H3,(H,20,22). The summed E-state index contributed by atoms with van der Waals surface area (Å²) in [5, 5.41) is 9.02. The van der Waals surface area contributed by atoms with Gasteiger partial charge in [0.2, 0.25) is 0 Å². The minimum absolute atomic E-state index is 0.110. The number of hydrogen-bond acceptors (Lipinski definition) is 7. The van der Waals surface area contributed by atoms with Gasteiger partial charge in [0.1, 0.15) is 15.4 Å². The molecule has 9 heteroatoms. The van der Waals surface area contributed by atoms with Crippen molar-refractivity contribution in [3.63, 3.8) is 0 Å². The third-order valence-corrected chi connectivity index (χ3v) is 7.85. The summed E-state index contributed by atoms with van der Waals surface area (Å²) < 4.78 is 25.5. The van der Waals surface area contributed by atoms with E-state index in [9.17, 15) is 8.42 Å². The Morgan fingerprint density at radius 3 is 2.75 bits per heavy atom. The average molecular weight is 404 g/mol. The highest BCUT2D eigenvalue weighted by molar-refractivity contribution is 7.91. The predicted molar refractivity (Wildman–Crippen MR) is 107 cm³/mol. The molecule has 0 atom stereocenters. The second-order valence-electron chi connectivity index (χ2n) is 8.00. The minimum Gasteiger partial charge on any atom is -0.381 e. The van der Waals surface area contributed by atoms with E-state index in [-0.39, 0.29) is 23.1 Å². The van der Waals surface area contributed by atoms with E-state index in [1.54, 1.807) is 0 Å². The molecule has 2 aliphatic heterocycles. The van der Waals surface area contributed by atoms with Crippen molar-refractivity contribution in [3.8, 4) is 0 Å². The summed E-state index contributed by atoms with van der Waals surface area (Å²) >= 11 is 0. The molecule has 5 rings (SSSR count). The Morgan fingerprint density at radius 2 is 2.11 bits per heavy atom. The minimum atomic E-state index is -2.90. The summed E-state index contributed by atoms with van der Waals surface area (Å²) in [6.07, 6.45) is 10.3. The van der Waals surface area contributed by atoms with Gasteiger partial charge in [-0.25, -0.2) is 18.1 Å². The Labute approximate surface area is 164 Å². The van der Waals surface area contributed by atoms with Crippen molar-refractivity contribution in [3.05, 3.63) is 24.0 Å². The van der Waals surface area contributed by atoms with Gasteiger partial charge in [0.15, 0.2) is 5.65 Å². The van der Waals surface area contributed by atoms with Crippen LogP contribution in [0.4, 0.5) is 5.69 Å². The van der Waals surface area contributed by atoms with Crippen molar-refractivity contribution < 1.29 is 13.3 Å². The SMILES string of the molecule is CCn1ncc2c(NC3CCS(=O)(=O)CC3)c(C3=CC4(CCC4)ON3)cnc21. The van der Waals surface area contributed by atoms with Crippen LogP contribution in [0.3, 0.4) is 0 Å². The van der Waals surface area contributed by atoms with Gasteiger partial charge in [-0.3, -0.25) is 10.3 Å². The van der Waals surface area contributed by atoms with Crippen molar-refractivity contribution in [2.24, 2.45) is 0 Å². The summed E-state index contributed by atoms with van der Waals surface area (Å²) in [7, 11) is -2.90. The van der Waals surface area contributed by atoms with E-state index in [1.807, 2.05) is 24.0 Å².